The molecule has 4 heterocycles. The lowest BCUT2D eigenvalue weighted by Crippen LogP contribution is -2.60. The molecule has 1 saturated heterocycles. The molecule has 0 atom stereocenters. The van der Waals surface area contributed by atoms with Gasteiger partial charge in [0, 0.05) is 20.1 Å². The Balaban J connectivity index is 1.75. The molecule has 3 aromatic heterocycles. The van der Waals surface area contributed by atoms with Gasteiger partial charge in [0.15, 0.2) is 11.5 Å². The fraction of sp³-hybridized carbons (Fsp3) is 0.308. The molecule has 3 aromatic rings. The van der Waals surface area contributed by atoms with E-state index in [2.05, 4.69) is 20.2 Å². The molecule has 10 nitrogen and oxygen atoms in total. The number of fused-ring (bicyclic) bond motifs is 3. The van der Waals surface area contributed by atoms with Crippen LogP contribution < -0.4 is 10.6 Å². The zero-order chi connectivity index (χ0) is 16.1. The van der Waals surface area contributed by atoms with Gasteiger partial charge in [0.2, 0.25) is 5.65 Å². The number of nitrogens with two attached hydrogens (primary N) is 1. The van der Waals surface area contributed by atoms with E-state index in [1.54, 1.807) is 30.0 Å². The van der Waals surface area contributed by atoms with Crippen molar-refractivity contribution in [3.8, 4) is 0 Å². The Hall–Kier alpha value is -3.17. The van der Waals surface area contributed by atoms with Gasteiger partial charge in [-0.3, -0.25) is 4.40 Å². The summed E-state index contributed by atoms with van der Waals surface area (Å²) in [6.07, 6.45) is 2.20. The van der Waals surface area contributed by atoms with E-state index < -0.39 is 6.09 Å². The molecule has 0 saturated carbocycles. The molecule has 0 aromatic carbocycles. The van der Waals surface area contributed by atoms with Gasteiger partial charge in [-0.25, -0.2) is 14.8 Å². The van der Waals surface area contributed by atoms with E-state index in [-0.39, 0.29) is 6.04 Å². The number of aromatic nitrogens is 5. The minimum atomic E-state index is -0.939. The lowest BCUT2D eigenvalue weighted by molar-refractivity contribution is 0.130. The molecule has 0 radical (unpaired) electrons. The third kappa shape index (κ3) is 1.99. The van der Waals surface area contributed by atoms with Crippen molar-refractivity contribution < 1.29 is 9.90 Å². The highest BCUT2D eigenvalue weighted by molar-refractivity contribution is 5.82. The van der Waals surface area contributed by atoms with Crippen LogP contribution in [0, 0.1) is 0 Å². The summed E-state index contributed by atoms with van der Waals surface area (Å²) in [5, 5.41) is 17.1. The maximum absolute atomic E-state index is 11.0. The van der Waals surface area contributed by atoms with Gasteiger partial charge in [0.1, 0.15) is 6.33 Å². The molecule has 1 fully saturated rings. The number of pyridine rings is 1. The van der Waals surface area contributed by atoms with Gasteiger partial charge in [-0.05, 0) is 6.07 Å². The predicted octanol–water partition coefficient (Wildman–Crippen LogP) is 0.0531. The molecule has 0 spiro atoms. The number of hydrogen-bond donors (Lipinski definition) is 2. The van der Waals surface area contributed by atoms with Crippen molar-refractivity contribution >= 4 is 34.4 Å². The SMILES string of the molecule is CN(C(=O)O)C1CN(c2nc3ncc(N)cc3n3cnnc23)C1. The minimum Gasteiger partial charge on any atom is -0.465 e. The van der Waals surface area contributed by atoms with Crippen molar-refractivity contribution in [1.82, 2.24) is 29.5 Å². The van der Waals surface area contributed by atoms with Crippen molar-refractivity contribution in [3.05, 3.63) is 18.6 Å². The Kier molecular flexibility index (Phi) is 2.73. The van der Waals surface area contributed by atoms with Crippen LogP contribution in [-0.4, -0.2) is 66.8 Å². The van der Waals surface area contributed by atoms with Crippen molar-refractivity contribution in [3.63, 3.8) is 0 Å². The number of carboxylic acid groups (broad SMARTS) is 1. The average Bonchev–Trinajstić information content (AvgIpc) is 2.95. The standard InChI is InChI=1S/C13H14N8O2/c1-19(13(22)23)8-4-20(5-8)11-12-18-16-6-21(12)9-2-7(14)3-15-10(9)17-11/h2-3,6,8H,4-5,14H2,1H3,(H,22,23). The molecule has 118 valence electrons. The van der Waals surface area contributed by atoms with Gasteiger partial charge in [-0.15, -0.1) is 10.2 Å². The lowest BCUT2D eigenvalue weighted by atomic mass is 10.1. The predicted molar refractivity (Wildman–Crippen MR) is 82.3 cm³/mol. The molecule has 0 aliphatic carbocycles. The second-order valence-electron chi connectivity index (χ2n) is 5.52. The van der Waals surface area contributed by atoms with Crippen LogP contribution in [0.2, 0.25) is 0 Å². The number of anilines is 2. The Morgan fingerprint density at radius 3 is 3.00 bits per heavy atom. The Morgan fingerprint density at radius 1 is 1.48 bits per heavy atom. The summed E-state index contributed by atoms with van der Waals surface area (Å²) < 4.78 is 1.79. The first-order chi connectivity index (χ1) is 11.0. The van der Waals surface area contributed by atoms with Crippen LogP contribution in [0.25, 0.3) is 16.8 Å². The number of nitrogens with zero attached hydrogens (tertiary/aromatic N) is 7. The number of carbonyl (C=O) groups is 1. The number of rotatable bonds is 2. The van der Waals surface area contributed by atoms with Gasteiger partial charge in [-0.2, -0.15) is 0 Å². The molecule has 1 aliphatic rings. The first-order valence-corrected chi connectivity index (χ1v) is 7.00. The van der Waals surface area contributed by atoms with Gasteiger partial charge in [0.05, 0.1) is 23.4 Å². The molecule has 0 bridgehead atoms. The van der Waals surface area contributed by atoms with Crippen LogP contribution in [0.3, 0.4) is 0 Å². The minimum absolute atomic E-state index is 0.0626. The van der Waals surface area contributed by atoms with Crippen LogP contribution in [0.15, 0.2) is 18.6 Å². The molecule has 1 amide bonds. The Bertz CT molecular complexity index is 917. The quantitative estimate of drug-likeness (QED) is 0.679. The second-order valence-corrected chi connectivity index (χ2v) is 5.52. The summed E-state index contributed by atoms with van der Waals surface area (Å²) in [5.74, 6) is 0.641. The second kappa shape index (κ2) is 4.66. The largest absolute Gasteiger partial charge is 0.465 e. The highest BCUT2D eigenvalue weighted by atomic mass is 16.4. The molecule has 1 aliphatic heterocycles. The summed E-state index contributed by atoms with van der Waals surface area (Å²) in [4.78, 5) is 23.1. The van der Waals surface area contributed by atoms with Crippen molar-refractivity contribution in [1.29, 1.82) is 0 Å². The number of hydrogen-bond acceptors (Lipinski definition) is 7. The van der Waals surface area contributed by atoms with E-state index in [9.17, 15) is 4.79 Å². The smallest absolute Gasteiger partial charge is 0.407 e. The maximum Gasteiger partial charge on any atom is 0.407 e. The fourth-order valence-corrected chi connectivity index (χ4v) is 2.68. The van der Waals surface area contributed by atoms with Crippen LogP contribution in [0.5, 0.6) is 0 Å². The van der Waals surface area contributed by atoms with Gasteiger partial charge in [0.25, 0.3) is 0 Å². The van der Waals surface area contributed by atoms with E-state index in [1.165, 1.54) is 4.90 Å². The molecule has 3 N–H and O–H groups in total. The normalized spacial score (nSPS) is 15.1. The van der Waals surface area contributed by atoms with Crippen LogP contribution in [0.4, 0.5) is 16.3 Å². The van der Waals surface area contributed by atoms with Gasteiger partial charge < -0.3 is 20.6 Å². The maximum atomic E-state index is 11.0. The number of likely N-dealkylation sites (N-methyl/N-ethyl adjacent to an activating group) is 1. The number of amides is 1. The topological polar surface area (TPSA) is 126 Å². The highest BCUT2D eigenvalue weighted by Crippen LogP contribution is 2.27. The van der Waals surface area contributed by atoms with Crippen molar-refractivity contribution in [2.45, 2.75) is 6.04 Å². The first kappa shape index (κ1) is 13.5. The monoisotopic (exact) mass is 314 g/mol. The van der Waals surface area contributed by atoms with Crippen molar-refractivity contribution in [2.24, 2.45) is 0 Å². The molecular formula is C13H14N8O2. The van der Waals surface area contributed by atoms with E-state index in [0.29, 0.717) is 35.9 Å². The zero-order valence-electron chi connectivity index (χ0n) is 12.3. The van der Waals surface area contributed by atoms with E-state index >= 15 is 0 Å². The molecule has 4 rings (SSSR count). The summed E-state index contributed by atoms with van der Waals surface area (Å²) in [6, 6.07) is 1.71. The first-order valence-electron chi connectivity index (χ1n) is 7.00. The lowest BCUT2D eigenvalue weighted by Gasteiger charge is -2.43. The summed E-state index contributed by atoms with van der Waals surface area (Å²) in [7, 11) is 1.56. The average molecular weight is 314 g/mol. The van der Waals surface area contributed by atoms with Crippen LogP contribution >= 0.6 is 0 Å². The zero-order valence-corrected chi connectivity index (χ0v) is 12.3. The summed E-state index contributed by atoms with van der Waals surface area (Å²) in [6.45, 7) is 1.11. The van der Waals surface area contributed by atoms with Crippen LogP contribution in [-0.2, 0) is 0 Å². The fourth-order valence-electron chi connectivity index (χ4n) is 2.68. The third-order valence-corrected chi connectivity index (χ3v) is 4.10. The molecule has 23 heavy (non-hydrogen) atoms. The van der Waals surface area contributed by atoms with E-state index in [0.717, 1.165) is 5.52 Å². The van der Waals surface area contributed by atoms with E-state index in [4.69, 9.17) is 10.8 Å². The van der Waals surface area contributed by atoms with Crippen LogP contribution in [0.1, 0.15) is 0 Å². The third-order valence-electron chi connectivity index (χ3n) is 4.10. The van der Waals surface area contributed by atoms with Gasteiger partial charge >= 0.3 is 6.09 Å². The summed E-state index contributed by atoms with van der Waals surface area (Å²) >= 11 is 0. The van der Waals surface area contributed by atoms with Gasteiger partial charge in [-0.1, -0.05) is 0 Å². The Morgan fingerprint density at radius 2 is 2.26 bits per heavy atom. The number of nitrogen functional groups attached to an aromatic ring is 1. The highest BCUT2D eigenvalue weighted by Gasteiger charge is 2.35. The summed E-state index contributed by atoms with van der Waals surface area (Å²) in [5.41, 5.74) is 8.19. The molecule has 0 unspecified atom stereocenters. The van der Waals surface area contributed by atoms with Crippen molar-refractivity contribution in [2.75, 3.05) is 30.8 Å². The molecular weight excluding hydrogens is 300 g/mol. The molecule has 10 heteroatoms. The van der Waals surface area contributed by atoms with E-state index in [1.807, 2.05) is 4.90 Å². The Labute approximate surface area is 130 Å².